The van der Waals surface area contributed by atoms with E-state index in [1.165, 1.54) is 5.56 Å². The van der Waals surface area contributed by atoms with E-state index < -0.39 is 5.97 Å². The van der Waals surface area contributed by atoms with Crippen LogP contribution in [0.1, 0.15) is 59.5 Å². The number of carboxylic acids is 1. The van der Waals surface area contributed by atoms with Gasteiger partial charge in [0.25, 0.3) is 0 Å². The number of aliphatic carboxylic acids is 1. The van der Waals surface area contributed by atoms with E-state index in [-0.39, 0.29) is 24.2 Å². The number of aromatic nitrogens is 1. The van der Waals surface area contributed by atoms with Crippen molar-refractivity contribution in [1.29, 1.82) is 0 Å². The van der Waals surface area contributed by atoms with Gasteiger partial charge in [-0.1, -0.05) is 55.1 Å². The molecule has 2 aromatic carbocycles. The van der Waals surface area contributed by atoms with Crippen LogP contribution in [-0.2, 0) is 22.4 Å². The Balaban J connectivity index is 1.52. The third-order valence-electron chi connectivity index (χ3n) is 7.52. The largest absolute Gasteiger partial charge is 0.481 e. The van der Waals surface area contributed by atoms with E-state index >= 15 is 0 Å². The van der Waals surface area contributed by atoms with Crippen molar-refractivity contribution in [1.82, 2.24) is 4.98 Å². The van der Waals surface area contributed by atoms with Crippen molar-refractivity contribution in [3.63, 3.8) is 0 Å². The lowest BCUT2D eigenvalue weighted by atomic mass is 9.71. The fourth-order valence-electron chi connectivity index (χ4n) is 5.54. The fraction of sp³-hybridized carbons (Fsp3) is 0.281. The first-order valence-corrected chi connectivity index (χ1v) is 13.4. The zero-order valence-corrected chi connectivity index (χ0v) is 22.2. The number of anilines is 1. The van der Waals surface area contributed by atoms with Gasteiger partial charge in [-0.3, -0.25) is 14.6 Å². The van der Waals surface area contributed by atoms with Gasteiger partial charge >= 0.3 is 5.97 Å². The van der Waals surface area contributed by atoms with E-state index in [9.17, 15) is 9.59 Å². The lowest BCUT2D eigenvalue weighted by Crippen LogP contribution is -2.33. The molecule has 1 unspecified atom stereocenters. The Morgan fingerprint density at radius 1 is 0.974 bits per heavy atom. The summed E-state index contributed by atoms with van der Waals surface area (Å²) >= 11 is 6.02. The van der Waals surface area contributed by atoms with Gasteiger partial charge in [0.2, 0.25) is 5.91 Å². The maximum absolute atomic E-state index is 13.6. The van der Waals surface area contributed by atoms with Crippen LogP contribution in [0.2, 0.25) is 5.02 Å². The van der Waals surface area contributed by atoms with Gasteiger partial charge in [0, 0.05) is 28.4 Å². The van der Waals surface area contributed by atoms with E-state index in [2.05, 4.69) is 29.5 Å². The van der Waals surface area contributed by atoms with Crippen molar-refractivity contribution in [2.75, 3.05) is 5.32 Å². The second-order valence-corrected chi connectivity index (χ2v) is 10.3. The van der Waals surface area contributed by atoms with Gasteiger partial charge in [-0.2, -0.15) is 0 Å². The summed E-state index contributed by atoms with van der Waals surface area (Å²) in [5.41, 5.74) is 5.64. The van der Waals surface area contributed by atoms with Crippen LogP contribution < -0.4 is 5.32 Å². The minimum absolute atomic E-state index is 0.00461. The molecule has 38 heavy (non-hydrogen) atoms. The molecule has 5 nitrogen and oxygen atoms in total. The third kappa shape index (κ3) is 6.78. The van der Waals surface area contributed by atoms with E-state index in [0.717, 1.165) is 53.8 Å². The predicted octanol–water partition coefficient (Wildman–Crippen LogP) is 7.42. The van der Waals surface area contributed by atoms with Gasteiger partial charge in [0.05, 0.1) is 12.1 Å². The number of rotatable bonds is 10. The molecule has 1 aliphatic rings. The molecule has 3 aromatic rings. The molecule has 0 bridgehead atoms. The summed E-state index contributed by atoms with van der Waals surface area (Å²) in [6, 6.07) is 16.8. The monoisotopic (exact) mass is 528 g/mol. The quantitative estimate of drug-likeness (QED) is 0.287. The molecule has 6 heteroatoms. The average Bonchev–Trinajstić information content (AvgIpc) is 2.93. The van der Waals surface area contributed by atoms with Crippen LogP contribution in [0.25, 0.3) is 12.2 Å². The smallest absolute Gasteiger partial charge is 0.307 e. The van der Waals surface area contributed by atoms with Crippen LogP contribution in [0.5, 0.6) is 0 Å². The van der Waals surface area contributed by atoms with Crippen molar-refractivity contribution in [3.8, 4) is 0 Å². The first kappa shape index (κ1) is 27.3. The van der Waals surface area contributed by atoms with Gasteiger partial charge in [0.1, 0.15) is 0 Å². The lowest BCUT2D eigenvalue weighted by Gasteiger charge is -2.34. The normalized spacial score (nSPS) is 17.8. The molecule has 0 radical (unpaired) electrons. The summed E-state index contributed by atoms with van der Waals surface area (Å²) in [4.78, 5) is 29.1. The van der Waals surface area contributed by atoms with Crippen molar-refractivity contribution in [3.05, 3.63) is 107 Å². The van der Waals surface area contributed by atoms with Gasteiger partial charge < -0.3 is 10.4 Å². The van der Waals surface area contributed by atoms with Gasteiger partial charge in [-0.25, -0.2) is 0 Å². The van der Waals surface area contributed by atoms with Crippen LogP contribution in [0.4, 0.5) is 5.69 Å². The number of carbonyl (C=O) groups is 2. The first-order valence-electron chi connectivity index (χ1n) is 13.0. The number of benzene rings is 2. The number of pyridine rings is 1. The predicted molar refractivity (Wildman–Crippen MR) is 154 cm³/mol. The Labute approximate surface area is 229 Å². The molecule has 4 rings (SSSR count). The molecular weight excluding hydrogens is 496 g/mol. The maximum Gasteiger partial charge on any atom is 0.307 e. The summed E-state index contributed by atoms with van der Waals surface area (Å²) in [7, 11) is 0. The molecule has 1 aromatic heterocycles. The topological polar surface area (TPSA) is 79.3 Å². The zero-order valence-electron chi connectivity index (χ0n) is 21.4. The number of hydrogen-bond acceptors (Lipinski definition) is 3. The highest BCUT2D eigenvalue weighted by Crippen LogP contribution is 2.41. The van der Waals surface area contributed by atoms with Crippen LogP contribution >= 0.6 is 11.6 Å². The molecular formula is C32H33ClN2O3. The average molecular weight is 529 g/mol. The molecule has 1 saturated carbocycles. The molecule has 0 saturated heterocycles. The van der Waals surface area contributed by atoms with Gasteiger partial charge in [0.15, 0.2) is 0 Å². The summed E-state index contributed by atoms with van der Waals surface area (Å²) < 4.78 is 0. The number of amides is 1. The minimum Gasteiger partial charge on any atom is -0.481 e. The second kappa shape index (κ2) is 12.7. The minimum atomic E-state index is -0.858. The maximum atomic E-state index is 13.6. The van der Waals surface area contributed by atoms with E-state index in [1.807, 2.05) is 48.7 Å². The fourth-order valence-corrected chi connectivity index (χ4v) is 5.67. The standard InChI is InChI=1S/C32H33ClN2O3/c1-3-27-28(17-18-34-30(27)4-2)23-9-11-24(12-10-23)29(32(38)35-26-15-13-25(33)14-16-26)19-21-5-7-22(8-6-21)20-31(36)37/h3-8,13-18,23-24,29H,1-2,9-12,19-20H2,(H,35,38)(H,36,37). The molecule has 1 fully saturated rings. The number of nitrogens with one attached hydrogen (secondary N) is 1. The van der Waals surface area contributed by atoms with Crippen molar-refractivity contribution < 1.29 is 14.7 Å². The second-order valence-electron chi connectivity index (χ2n) is 9.91. The Bertz CT molecular complexity index is 1290. The summed E-state index contributed by atoms with van der Waals surface area (Å²) in [6.07, 6.45) is 9.87. The Morgan fingerprint density at radius 2 is 1.63 bits per heavy atom. The highest BCUT2D eigenvalue weighted by Gasteiger charge is 2.33. The number of nitrogens with zero attached hydrogens (tertiary/aromatic N) is 1. The van der Waals surface area contributed by atoms with E-state index in [0.29, 0.717) is 17.4 Å². The molecule has 1 amide bonds. The Morgan fingerprint density at radius 3 is 2.24 bits per heavy atom. The van der Waals surface area contributed by atoms with Gasteiger partial charge in [-0.05, 0) is 97.0 Å². The third-order valence-corrected chi connectivity index (χ3v) is 7.77. The Kier molecular flexibility index (Phi) is 9.14. The molecule has 0 aliphatic heterocycles. The van der Waals surface area contributed by atoms with Crippen LogP contribution in [0, 0.1) is 11.8 Å². The highest BCUT2D eigenvalue weighted by molar-refractivity contribution is 6.30. The highest BCUT2D eigenvalue weighted by atomic mass is 35.5. The molecule has 1 atom stereocenters. The summed E-state index contributed by atoms with van der Waals surface area (Å²) in [6.45, 7) is 7.88. The molecule has 2 N–H and O–H groups in total. The number of carboxylic acid groups (broad SMARTS) is 1. The summed E-state index contributed by atoms with van der Waals surface area (Å²) in [5, 5.41) is 12.8. The zero-order chi connectivity index (χ0) is 27.1. The molecule has 1 heterocycles. The Hall–Kier alpha value is -3.70. The number of halogens is 1. The van der Waals surface area contributed by atoms with E-state index in [4.69, 9.17) is 16.7 Å². The first-order chi connectivity index (χ1) is 18.4. The van der Waals surface area contributed by atoms with Crippen LogP contribution in [-0.4, -0.2) is 22.0 Å². The van der Waals surface area contributed by atoms with E-state index in [1.54, 1.807) is 18.2 Å². The molecule has 0 spiro atoms. The molecule has 196 valence electrons. The molecule has 1 aliphatic carbocycles. The van der Waals surface area contributed by atoms with Gasteiger partial charge in [-0.15, -0.1) is 0 Å². The van der Waals surface area contributed by atoms with Crippen LogP contribution in [0.15, 0.2) is 74.0 Å². The van der Waals surface area contributed by atoms with Crippen LogP contribution in [0.3, 0.4) is 0 Å². The van der Waals surface area contributed by atoms with Crippen molar-refractivity contribution in [2.24, 2.45) is 11.8 Å². The van der Waals surface area contributed by atoms with Crippen molar-refractivity contribution in [2.45, 2.75) is 44.4 Å². The number of carbonyl (C=O) groups excluding carboxylic acids is 1. The SMILES string of the molecule is C=Cc1nccc(C2CCC(C(Cc3ccc(CC(=O)O)cc3)C(=O)Nc3ccc(Cl)cc3)CC2)c1C=C. The summed E-state index contributed by atoms with van der Waals surface area (Å²) in [5.74, 6) is -0.461. The number of hydrogen-bond donors (Lipinski definition) is 2. The lowest BCUT2D eigenvalue weighted by molar-refractivity contribution is -0.136. The van der Waals surface area contributed by atoms with Crippen molar-refractivity contribution >= 4 is 41.3 Å².